The highest BCUT2D eigenvalue weighted by Crippen LogP contribution is 2.43. The van der Waals surface area contributed by atoms with E-state index in [-0.39, 0.29) is 6.10 Å². The van der Waals surface area contributed by atoms with E-state index in [0.717, 1.165) is 42.3 Å². The van der Waals surface area contributed by atoms with Crippen LogP contribution in [0.5, 0.6) is 0 Å². The van der Waals surface area contributed by atoms with Crippen LogP contribution in [0.3, 0.4) is 0 Å². The van der Waals surface area contributed by atoms with Crippen LogP contribution in [0.15, 0.2) is 24.8 Å². The molecule has 0 bridgehead atoms. The van der Waals surface area contributed by atoms with E-state index in [1.165, 1.54) is 12.8 Å². The van der Waals surface area contributed by atoms with E-state index in [4.69, 9.17) is 4.98 Å². The minimum absolute atomic E-state index is 0.276. The van der Waals surface area contributed by atoms with Crippen molar-refractivity contribution in [1.29, 1.82) is 0 Å². The number of hydrogen-bond acceptors (Lipinski definition) is 6. The van der Waals surface area contributed by atoms with E-state index in [0.29, 0.717) is 12.5 Å². The molecule has 3 heterocycles. The van der Waals surface area contributed by atoms with Gasteiger partial charge in [-0.15, -0.1) is 0 Å². The van der Waals surface area contributed by atoms with E-state index >= 15 is 0 Å². The van der Waals surface area contributed by atoms with Gasteiger partial charge in [-0.3, -0.25) is 9.97 Å². The summed E-state index contributed by atoms with van der Waals surface area (Å²) in [6.07, 6.45) is 10.9. The number of nitrogens with zero attached hydrogens (tertiary/aromatic N) is 5. The first kappa shape index (κ1) is 13.6. The molecular weight excluding hydrogens is 278 g/mol. The predicted octanol–water partition coefficient (Wildman–Crippen LogP) is 1.77. The Hall–Kier alpha value is -2.08. The molecule has 2 fully saturated rings. The normalized spacial score (nSPS) is 21.9. The molecule has 114 valence electrons. The van der Waals surface area contributed by atoms with E-state index in [1.807, 2.05) is 6.20 Å². The molecular formula is C16H19N5O. The van der Waals surface area contributed by atoms with E-state index in [1.54, 1.807) is 18.6 Å². The Kier molecular flexibility index (Phi) is 3.46. The van der Waals surface area contributed by atoms with Crippen LogP contribution in [0, 0.1) is 0 Å². The lowest BCUT2D eigenvalue weighted by molar-refractivity contribution is 0.153. The molecule has 1 saturated heterocycles. The van der Waals surface area contributed by atoms with Gasteiger partial charge in [0, 0.05) is 43.2 Å². The molecule has 0 spiro atoms. The lowest BCUT2D eigenvalue weighted by atomic mass is 10.1. The van der Waals surface area contributed by atoms with Gasteiger partial charge in [0.05, 0.1) is 23.7 Å². The quantitative estimate of drug-likeness (QED) is 0.930. The van der Waals surface area contributed by atoms with Crippen LogP contribution < -0.4 is 4.90 Å². The van der Waals surface area contributed by atoms with E-state index in [9.17, 15) is 5.11 Å². The molecule has 1 aliphatic carbocycles. The summed E-state index contributed by atoms with van der Waals surface area (Å²) >= 11 is 0. The van der Waals surface area contributed by atoms with Crippen molar-refractivity contribution in [2.45, 2.75) is 37.7 Å². The first-order chi connectivity index (χ1) is 10.8. The topological polar surface area (TPSA) is 75.0 Å². The van der Waals surface area contributed by atoms with Crippen LogP contribution in [0.2, 0.25) is 0 Å². The van der Waals surface area contributed by atoms with Crippen molar-refractivity contribution in [2.24, 2.45) is 0 Å². The van der Waals surface area contributed by atoms with Gasteiger partial charge in [-0.1, -0.05) is 0 Å². The number of piperidine rings is 1. The van der Waals surface area contributed by atoms with Crippen molar-refractivity contribution in [3.8, 4) is 11.3 Å². The molecule has 1 atom stereocenters. The van der Waals surface area contributed by atoms with Gasteiger partial charge in [0.25, 0.3) is 0 Å². The number of aromatic nitrogens is 4. The molecule has 1 saturated carbocycles. The van der Waals surface area contributed by atoms with Crippen LogP contribution in [-0.2, 0) is 0 Å². The van der Waals surface area contributed by atoms with Gasteiger partial charge in [0.15, 0.2) is 0 Å². The maximum Gasteiger partial charge on any atom is 0.225 e. The fourth-order valence-electron chi connectivity index (χ4n) is 2.98. The Morgan fingerprint density at radius 3 is 2.73 bits per heavy atom. The van der Waals surface area contributed by atoms with Gasteiger partial charge in [0.1, 0.15) is 0 Å². The molecule has 22 heavy (non-hydrogen) atoms. The zero-order valence-electron chi connectivity index (χ0n) is 12.4. The lowest BCUT2D eigenvalue weighted by Crippen LogP contribution is -2.39. The van der Waals surface area contributed by atoms with Gasteiger partial charge >= 0.3 is 0 Å². The van der Waals surface area contributed by atoms with Crippen molar-refractivity contribution in [1.82, 2.24) is 19.9 Å². The first-order valence-electron chi connectivity index (χ1n) is 7.87. The van der Waals surface area contributed by atoms with Gasteiger partial charge in [0.2, 0.25) is 5.95 Å². The van der Waals surface area contributed by atoms with Crippen LogP contribution in [-0.4, -0.2) is 44.2 Å². The fourth-order valence-corrected chi connectivity index (χ4v) is 2.98. The Balaban J connectivity index is 1.70. The highest BCUT2D eigenvalue weighted by molar-refractivity contribution is 5.62. The van der Waals surface area contributed by atoms with Crippen LogP contribution in [0.4, 0.5) is 5.95 Å². The molecule has 0 amide bonds. The minimum Gasteiger partial charge on any atom is -0.391 e. The summed E-state index contributed by atoms with van der Waals surface area (Å²) in [6.45, 7) is 1.53. The average Bonchev–Trinajstić information content (AvgIpc) is 3.40. The third-order valence-electron chi connectivity index (χ3n) is 4.29. The van der Waals surface area contributed by atoms with Crippen LogP contribution in [0.1, 0.15) is 37.3 Å². The molecule has 2 aliphatic rings. The molecule has 0 unspecified atom stereocenters. The molecule has 1 aliphatic heterocycles. The van der Waals surface area contributed by atoms with Crippen molar-refractivity contribution in [3.63, 3.8) is 0 Å². The van der Waals surface area contributed by atoms with Crippen LogP contribution >= 0.6 is 0 Å². The summed E-state index contributed by atoms with van der Waals surface area (Å²) in [7, 11) is 0. The SMILES string of the molecule is O[C@H]1CCCN(c2ncc(-c3cnccn3)c(C3CC3)n2)C1. The fraction of sp³-hybridized carbons (Fsp3) is 0.500. The molecule has 6 heteroatoms. The Bertz CT molecular complexity index is 659. The van der Waals surface area contributed by atoms with E-state index < -0.39 is 0 Å². The number of β-amino-alcohol motifs (C(OH)–C–C–N with tert-alkyl or cyclic N) is 1. The van der Waals surface area contributed by atoms with E-state index in [2.05, 4.69) is 19.9 Å². The van der Waals surface area contributed by atoms with Crippen molar-refractivity contribution < 1.29 is 5.11 Å². The molecule has 2 aromatic heterocycles. The largest absolute Gasteiger partial charge is 0.391 e. The minimum atomic E-state index is -0.276. The zero-order chi connectivity index (χ0) is 14.9. The maximum atomic E-state index is 9.85. The highest BCUT2D eigenvalue weighted by Gasteiger charge is 2.30. The molecule has 0 radical (unpaired) electrons. The summed E-state index contributed by atoms with van der Waals surface area (Å²) in [6, 6.07) is 0. The lowest BCUT2D eigenvalue weighted by Gasteiger charge is -2.30. The average molecular weight is 297 g/mol. The molecule has 2 aromatic rings. The third kappa shape index (κ3) is 2.66. The number of anilines is 1. The second-order valence-electron chi connectivity index (χ2n) is 6.08. The van der Waals surface area contributed by atoms with Gasteiger partial charge in [-0.2, -0.15) is 0 Å². The number of hydrogen-bond donors (Lipinski definition) is 1. The van der Waals surface area contributed by atoms with Crippen LogP contribution in [0.25, 0.3) is 11.3 Å². The summed E-state index contributed by atoms with van der Waals surface area (Å²) in [5.41, 5.74) is 2.89. The standard InChI is InChI=1S/C16H19N5O/c22-12-2-1-7-21(10-12)16-19-8-13(14-9-17-5-6-18-14)15(20-16)11-3-4-11/h5-6,8-9,11-12,22H,1-4,7,10H2/t12-/m0/s1. The number of aliphatic hydroxyl groups excluding tert-OH is 1. The number of aliphatic hydroxyl groups is 1. The Morgan fingerprint density at radius 2 is 2.00 bits per heavy atom. The van der Waals surface area contributed by atoms with Crippen molar-refractivity contribution in [2.75, 3.05) is 18.0 Å². The second kappa shape index (κ2) is 5.61. The monoisotopic (exact) mass is 297 g/mol. The van der Waals surface area contributed by atoms with Gasteiger partial charge in [-0.25, -0.2) is 9.97 Å². The Morgan fingerprint density at radius 1 is 1.09 bits per heavy atom. The van der Waals surface area contributed by atoms with Gasteiger partial charge < -0.3 is 10.0 Å². The third-order valence-corrected chi connectivity index (χ3v) is 4.29. The van der Waals surface area contributed by atoms with Crippen molar-refractivity contribution in [3.05, 3.63) is 30.5 Å². The smallest absolute Gasteiger partial charge is 0.225 e. The molecule has 1 N–H and O–H groups in total. The first-order valence-corrected chi connectivity index (χ1v) is 7.87. The summed E-state index contributed by atoms with van der Waals surface area (Å²) in [4.78, 5) is 19.9. The maximum absolute atomic E-state index is 9.85. The molecule has 4 rings (SSSR count). The predicted molar refractivity (Wildman–Crippen MR) is 82.5 cm³/mol. The molecule has 0 aromatic carbocycles. The second-order valence-corrected chi connectivity index (χ2v) is 6.08. The van der Waals surface area contributed by atoms with Crippen molar-refractivity contribution >= 4 is 5.95 Å². The highest BCUT2D eigenvalue weighted by atomic mass is 16.3. The summed E-state index contributed by atoms with van der Waals surface area (Å²) in [5.74, 6) is 1.24. The molecule has 6 nitrogen and oxygen atoms in total. The Labute approximate surface area is 129 Å². The zero-order valence-corrected chi connectivity index (χ0v) is 12.4. The summed E-state index contributed by atoms with van der Waals surface area (Å²) in [5, 5.41) is 9.85. The number of rotatable bonds is 3. The summed E-state index contributed by atoms with van der Waals surface area (Å²) < 4.78 is 0. The van der Waals surface area contributed by atoms with Gasteiger partial charge in [-0.05, 0) is 25.7 Å².